The van der Waals surface area contributed by atoms with Gasteiger partial charge in [0.15, 0.2) is 0 Å². The van der Waals surface area contributed by atoms with E-state index in [1.165, 1.54) is 6.42 Å². The van der Waals surface area contributed by atoms with Crippen molar-refractivity contribution >= 4 is 23.2 Å². The molecule has 1 aromatic rings. The lowest BCUT2D eigenvalue weighted by atomic mass is 9.65. The molecule has 4 heteroatoms. The third-order valence-corrected chi connectivity index (χ3v) is 5.84. The number of nitrogens with one attached hydrogen (secondary N) is 1. The van der Waals surface area contributed by atoms with Crippen LogP contribution in [0.25, 0.3) is 0 Å². The SMILES string of the molecule is Cc1c(Cl)cccc1NCC(=O)N1C[C@@]2(C)C[C@@H]1CC(C)(C)C2. The first-order valence-corrected chi connectivity index (χ1v) is 8.85. The summed E-state index contributed by atoms with van der Waals surface area (Å²) in [5.41, 5.74) is 2.56. The van der Waals surface area contributed by atoms with Gasteiger partial charge in [-0.15, -0.1) is 0 Å². The number of benzene rings is 1. The van der Waals surface area contributed by atoms with Crippen LogP contribution < -0.4 is 5.32 Å². The van der Waals surface area contributed by atoms with Gasteiger partial charge in [0.05, 0.1) is 6.54 Å². The second kappa shape index (κ2) is 5.70. The van der Waals surface area contributed by atoms with Crippen molar-refractivity contribution in [1.29, 1.82) is 0 Å². The number of carbonyl (C=O) groups is 1. The Morgan fingerprint density at radius 1 is 1.35 bits per heavy atom. The molecule has 0 unspecified atom stereocenters. The molecule has 1 saturated carbocycles. The monoisotopic (exact) mass is 334 g/mol. The highest BCUT2D eigenvalue weighted by Crippen LogP contribution is 2.52. The predicted octanol–water partition coefficient (Wildman–Crippen LogP) is 4.49. The van der Waals surface area contributed by atoms with Gasteiger partial charge in [0.25, 0.3) is 0 Å². The Kier molecular flexibility index (Phi) is 4.12. The number of amides is 1. The molecule has 1 aromatic carbocycles. The number of halogens is 1. The molecule has 2 fully saturated rings. The molecule has 2 atom stereocenters. The summed E-state index contributed by atoms with van der Waals surface area (Å²) in [5, 5.41) is 4.00. The van der Waals surface area contributed by atoms with E-state index < -0.39 is 0 Å². The summed E-state index contributed by atoms with van der Waals surface area (Å²) in [6.45, 7) is 10.2. The number of anilines is 1. The number of fused-ring (bicyclic) bond motifs is 2. The highest BCUT2D eigenvalue weighted by atomic mass is 35.5. The third-order valence-electron chi connectivity index (χ3n) is 5.43. The van der Waals surface area contributed by atoms with Crippen LogP contribution >= 0.6 is 11.6 Å². The average molecular weight is 335 g/mol. The van der Waals surface area contributed by atoms with Crippen molar-refractivity contribution in [3.05, 3.63) is 28.8 Å². The predicted molar refractivity (Wildman–Crippen MR) is 95.9 cm³/mol. The van der Waals surface area contributed by atoms with E-state index in [1.54, 1.807) is 0 Å². The molecule has 1 amide bonds. The van der Waals surface area contributed by atoms with Gasteiger partial charge in [-0.1, -0.05) is 38.4 Å². The summed E-state index contributed by atoms with van der Waals surface area (Å²) in [5.74, 6) is 0.204. The van der Waals surface area contributed by atoms with Gasteiger partial charge in [-0.25, -0.2) is 0 Å². The normalized spacial score (nSPS) is 28.7. The standard InChI is InChI=1S/C19H27ClN2O/c1-13-15(20)6-5-7-16(13)21-10-17(23)22-12-19(4)9-14(22)8-18(2,3)11-19/h5-7,14,21H,8-12H2,1-4H3/t14-,19-/m0/s1. The first kappa shape index (κ1) is 16.6. The minimum Gasteiger partial charge on any atom is -0.376 e. The van der Waals surface area contributed by atoms with E-state index in [0.29, 0.717) is 18.0 Å². The zero-order chi connectivity index (χ0) is 16.8. The maximum atomic E-state index is 12.7. The van der Waals surface area contributed by atoms with Crippen LogP contribution in [0.15, 0.2) is 18.2 Å². The van der Waals surface area contributed by atoms with E-state index in [1.807, 2.05) is 25.1 Å². The molecule has 126 valence electrons. The smallest absolute Gasteiger partial charge is 0.242 e. The second-order valence-electron chi connectivity index (χ2n) is 8.50. The lowest BCUT2D eigenvalue weighted by Gasteiger charge is -2.39. The molecule has 23 heavy (non-hydrogen) atoms. The number of nitrogens with zero attached hydrogens (tertiary/aromatic N) is 1. The maximum absolute atomic E-state index is 12.7. The van der Waals surface area contributed by atoms with Gasteiger partial charge < -0.3 is 10.2 Å². The van der Waals surface area contributed by atoms with Crippen LogP contribution in [0.1, 0.15) is 45.6 Å². The van der Waals surface area contributed by atoms with Crippen LogP contribution in [0.4, 0.5) is 5.69 Å². The molecule has 1 heterocycles. The fraction of sp³-hybridized carbons (Fsp3) is 0.632. The molecule has 1 N–H and O–H groups in total. The molecular weight excluding hydrogens is 308 g/mol. The van der Waals surface area contributed by atoms with Gasteiger partial charge >= 0.3 is 0 Å². The molecule has 0 aromatic heterocycles. The highest BCUT2D eigenvalue weighted by molar-refractivity contribution is 6.31. The van der Waals surface area contributed by atoms with Crippen LogP contribution in [-0.4, -0.2) is 29.9 Å². The highest BCUT2D eigenvalue weighted by Gasteiger charge is 2.50. The molecule has 3 nitrogen and oxygen atoms in total. The van der Waals surface area contributed by atoms with E-state index in [0.717, 1.165) is 35.7 Å². The Balaban J connectivity index is 1.67. The van der Waals surface area contributed by atoms with Gasteiger partial charge in [-0.2, -0.15) is 0 Å². The summed E-state index contributed by atoms with van der Waals surface area (Å²) in [6, 6.07) is 6.16. The quantitative estimate of drug-likeness (QED) is 0.883. The van der Waals surface area contributed by atoms with Gasteiger partial charge in [-0.05, 0) is 54.7 Å². The topological polar surface area (TPSA) is 32.3 Å². The summed E-state index contributed by atoms with van der Waals surface area (Å²) in [4.78, 5) is 14.9. The summed E-state index contributed by atoms with van der Waals surface area (Å²) in [6.07, 6.45) is 3.48. The Hall–Kier alpha value is -1.22. The minimum atomic E-state index is 0.204. The average Bonchev–Trinajstić information content (AvgIpc) is 2.69. The van der Waals surface area contributed by atoms with E-state index in [9.17, 15) is 4.79 Å². The minimum absolute atomic E-state index is 0.204. The van der Waals surface area contributed by atoms with Crippen LogP contribution in [0, 0.1) is 17.8 Å². The molecule has 0 radical (unpaired) electrons. The van der Waals surface area contributed by atoms with E-state index >= 15 is 0 Å². The molecule has 3 rings (SSSR count). The van der Waals surface area contributed by atoms with E-state index in [4.69, 9.17) is 11.6 Å². The molecule has 0 spiro atoms. The number of hydrogen-bond donors (Lipinski definition) is 1. The second-order valence-corrected chi connectivity index (χ2v) is 8.91. The summed E-state index contributed by atoms with van der Waals surface area (Å²) < 4.78 is 0. The van der Waals surface area contributed by atoms with Crippen LogP contribution in [-0.2, 0) is 4.79 Å². The van der Waals surface area contributed by atoms with Gasteiger partial charge in [0, 0.05) is 23.3 Å². The van der Waals surface area contributed by atoms with E-state index in [-0.39, 0.29) is 11.3 Å². The van der Waals surface area contributed by atoms with Crippen LogP contribution in [0.5, 0.6) is 0 Å². The number of carbonyl (C=O) groups excluding carboxylic acids is 1. The third kappa shape index (κ3) is 3.35. The lowest BCUT2D eigenvalue weighted by molar-refractivity contribution is -0.130. The van der Waals surface area contributed by atoms with Crippen molar-refractivity contribution in [2.75, 3.05) is 18.4 Å². The van der Waals surface area contributed by atoms with E-state index in [2.05, 4.69) is 31.0 Å². The molecular formula is C19H27ClN2O. The van der Waals surface area contributed by atoms with Crippen molar-refractivity contribution in [2.24, 2.45) is 10.8 Å². The molecule has 1 aliphatic carbocycles. The van der Waals surface area contributed by atoms with Crippen molar-refractivity contribution in [1.82, 2.24) is 4.90 Å². The first-order chi connectivity index (χ1) is 10.7. The van der Waals surface area contributed by atoms with Crippen molar-refractivity contribution in [2.45, 2.75) is 53.0 Å². The fourth-order valence-electron chi connectivity index (χ4n) is 4.82. The van der Waals surface area contributed by atoms with Crippen molar-refractivity contribution in [3.63, 3.8) is 0 Å². The lowest BCUT2D eigenvalue weighted by Crippen LogP contribution is -2.40. The molecule has 2 aliphatic rings. The maximum Gasteiger partial charge on any atom is 0.242 e. The Morgan fingerprint density at radius 3 is 2.83 bits per heavy atom. The Bertz CT molecular complexity index is 628. The summed E-state index contributed by atoms with van der Waals surface area (Å²) >= 11 is 6.14. The van der Waals surface area contributed by atoms with Crippen LogP contribution in [0.2, 0.25) is 5.02 Å². The zero-order valence-corrected chi connectivity index (χ0v) is 15.3. The van der Waals surface area contributed by atoms with Gasteiger partial charge in [0.1, 0.15) is 0 Å². The van der Waals surface area contributed by atoms with Crippen molar-refractivity contribution in [3.8, 4) is 0 Å². The zero-order valence-electron chi connectivity index (χ0n) is 14.6. The number of likely N-dealkylation sites (tertiary alicyclic amines) is 1. The van der Waals surface area contributed by atoms with Gasteiger partial charge in [0.2, 0.25) is 5.91 Å². The number of hydrogen-bond acceptors (Lipinski definition) is 2. The first-order valence-electron chi connectivity index (χ1n) is 8.48. The molecule has 1 aliphatic heterocycles. The fourth-order valence-corrected chi connectivity index (χ4v) is 5.00. The Morgan fingerprint density at radius 2 is 2.09 bits per heavy atom. The molecule has 2 bridgehead atoms. The van der Waals surface area contributed by atoms with Gasteiger partial charge in [-0.3, -0.25) is 4.79 Å². The summed E-state index contributed by atoms with van der Waals surface area (Å²) in [7, 11) is 0. The number of rotatable bonds is 3. The Labute approximate surface area is 144 Å². The van der Waals surface area contributed by atoms with Crippen LogP contribution in [0.3, 0.4) is 0 Å². The van der Waals surface area contributed by atoms with Crippen molar-refractivity contribution < 1.29 is 4.79 Å². The molecule has 1 saturated heterocycles. The largest absolute Gasteiger partial charge is 0.376 e.